The average Bonchev–Trinajstić information content (AvgIpc) is 2.71. The summed E-state index contributed by atoms with van der Waals surface area (Å²) in [5, 5.41) is 3.29. The Balaban J connectivity index is 2.11. The van der Waals surface area contributed by atoms with Gasteiger partial charge in [0.1, 0.15) is 6.17 Å². The molecule has 1 saturated heterocycles. The van der Waals surface area contributed by atoms with Crippen molar-refractivity contribution in [3.63, 3.8) is 0 Å². The molecule has 4 heteroatoms. The van der Waals surface area contributed by atoms with Crippen LogP contribution in [0.1, 0.15) is 36.7 Å². The van der Waals surface area contributed by atoms with E-state index in [-0.39, 0.29) is 18.2 Å². The first-order valence-electron chi connectivity index (χ1n) is 7.20. The highest BCUT2D eigenvalue weighted by molar-refractivity contribution is 5.81. The SMILES string of the molecule is Cc1ccc(C2NCC(=O)N2CCOC(C)C)c(C)c1. The number of rotatable bonds is 5. The summed E-state index contributed by atoms with van der Waals surface area (Å²) in [5.41, 5.74) is 3.63. The summed E-state index contributed by atoms with van der Waals surface area (Å²) >= 11 is 0. The summed E-state index contributed by atoms with van der Waals surface area (Å²) < 4.78 is 5.56. The Hall–Kier alpha value is -1.39. The molecule has 20 heavy (non-hydrogen) atoms. The second-order valence-electron chi connectivity index (χ2n) is 5.65. The zero-order valence-electron chi connectivity index (χ0n) is 12.8. The number of aryl methyl sites for hydroxylation is 2. The van der Waals surface area contributed by atoms with Crippen molar-refractivity contribution in [2.75, 3.05) is 19.7 Å². The Morgan fingerprint density at radius 3 is 2.80 bits per heavy atom. The van der Waals surface area contributed by atoms with Crippen LogP contribution in [0.5, 0.6) is 0 Å². The van der Waals surface area contributed by atoms with E-state index in [1.807, 2.05) is 18.7 Å². The molecule has 2 rings (SSSR count). The summed E-state index contributed by atoms with van der Waals surface area (Å²) in [6.07, 6.45) is 0.166. The van der Waals surface area contributed by atoms with Gasteiger partial charge in [0.05, 0.1) is 19.3 Å². The molecule has 1 heterocycles. The van der Waals surface area contributed by atoms with E-state index in [4.69, 9.17) is 4.74 Å². The van der Waals surface area contributed by atoms with Crippen LogP contribution in [0.25, 0.3) is 0 Å². The smallest absolute Gasteiger partial charge is 0.238 e. The molecule has 1 atom stereocenters. The second-order valence-corrected chi connectivity index (χ2v) is 5.65. The maximum atomic E-state index is 12.0. The van der Waals surface area contributed by atoms with Gasteiger partial charge in [0.2, 0.25) is 5.91 Å². The van der Waals surface area contributed by atoms with Crippen LogP contribution in [0, 0.1) is 13.8 Å². The van der Waals surface area contributed by atoms with Gasteiger partial charge < -0.3 is 9.64 Å². The fourth-order valence-corrected chi connectivity index (χ4v) is 2.59. The Labute approximate surface area is 121 Å². The van der Waals surface area contributed by atoms with Gasteiger partial charge in [-0.1, -0.05) is 23.8 Å². The van der Waals surface area contributed by atoms with E-state index in [2.05, 4.69) is 37.4 Å². The van der Waals surface area contributed by atoms with Crippen molar-refractivity contribution in [1.82, 2.24) is 10.2 Å². The molecule has 110 valence electrons. The minimum absolute atomic E-state index is 0.0288. The van der Waals surface area contributed by atoms with E-state index < -0.39 is 0 Å². The third kappa shape index (κ3) is 3.38. The van der Waals surface area contributed by atoms with E-state index in [1.165, 1.54) is 16.7 Å². The molecule has 0 spiro atoms. The standard InChI is InChI=1S/C16H24N2O2/c1-11(2)20-8-7-18-15(19)10-17-16(18)14-6-5-12(3)9-13(14)4/h5-6,9,11,16-17H,7-8,10H2,1-4H3. The summed E-state index contributed by atoms with van der Waals surface area (Å²) in [5.74, 6) is 0.141. The predicted molar refractivity (Wildman–Crippen MR) is 79.5 cm³/mol. The van der Waals surface area contributed by atoms with Crippen LogP contribution < -0.4 is 5.32 Å². The van der Waals surface area contributed by atoms with E-state index >= 15 is 0 Å². The molecular formula is C16H24N2O2. The number of amides is 1. The number of hydrogen-bond acceptors (Lipinski definition) is 3. The monoisotopic (exact) mass is 276 g/mol. The summed E-state index contributed by atoms with van der Waals surface area (Å²) in [4.78, 5) is 13.9. The van der Waals surface area contributed by atoms with E-state index in [9.17, 15) is 4.79 Å². The van der Waals surface area contributed by atoms with Crippen molar-refractivity contribution in [1.29, 1.82) is 0 Å². The van der Waals surface area contributed by atoms with Crippen LogP contribution in [-0.4, -0.2) is 36.6 Å². The maximum Gasteiger partial charge on any atom is 0.238 e. The number of carbonyl (C=O) groups excluding carboxylic acids is 1. The lowest BCUT2D eigenvalue weighted by atomic mass is 10.0. The fraction of sp³-hybridized carbons (Fsp3) is 0.562. The molecule has 0 saturated carbocycles. The minimum Gasteiger partial charge on any atom is -0.377 e. The Morgan fingerprint density at radius 1 is 1.40 bits per heavy atom. The van der Waals surface area contributed by atoms with E-state index in [0.29, 0.717) is 19.7 Å². The molecule has 1 aromatic carbocycles. The second kappa shape index (κ2) is 6.37. The van der Waals surface area contributed by atoms with E-state index in [1.54, 1.807) is 0 Å². The first-order valence-corrected chi connectivity index (χ1v) is 7.20. The highest BCUT2D eigenvalue weighted by Gasteiger charge is 2.31. The number of nitrogens with one attached hydrogen (secondary N) is 1. The normalized spacial score (nSPS) is 19.1. The number of benzene rings is 1. The van der Waals surface area contributed by atoms with Crippen LogP contribution in [0.4, 0.5) is 0 Å². The van der Waals surface area contributed by atoms with Gasteiger partial charge in [0, 0.05) is 6.54 Å². The molecule has 0 aromatic heterocycles. The van der Waals surface area contributed by atoms with Crippen molar-refractivity contribution in [3.05, 3.63) is 34.9 Å². The molecule has 1 N–H and O–H groups in total. The number of carbonyl (C=O) groups is 1. The van der Waals surface area contributed by atoms with Gasteiger partial charge in [-0.2, -0.15) is 0 Å². The number of ether oxygens (including phenoxy) is 1. The largest absolute Gasteiger partial charge is 0.377 e. The third-order valence-corrected chi connectivity index (χ3v) is 3.58. The van der Waals surface area contributed by atoms with Crippen LogP contribution in [-0.2, 0) is 9.53 Å². The van der Waals surface area contributed by atoms with Crippen LogP contribution in [0.15, 0.2) is 18.2 Å². The van der Waals surface area contributed by atoms with Crippen molar-refractivity contribution >= 4 is 5.91 Å². The van der Waals surface area contributed by atoms with Gasteiger partial charge in [0.15, 0.2) is 0 Å². The lowest BCUT2D eigenvalue weighted by molar-refractivity contribution is -0.129. The molecule has 0 bridgehead atoms. The molecule has 1 aliphatic rings. The quantitative estimate of drug-likeness (QED) is 0.896. The molecular weight excluding hydrogens is 252 g/mol. The van der Waals surface area contributed by atoms with Crippen LogP contribution in [0.2, 0.25) is 0 Å². The molecule has 0 aliphatic carbocycles. The van der Waals surface area contributed by atoms with Gasteiger partial charge >= 0.3 is 0 Å². The van der Waals surface area contributed by atoms with Gasteiger partial charge in [-0.25, -0.2) is 0 Å². The Bertz CT molecular complexity index is 485. The van der Waals surface area contributed by atoms with Crippen molar-refractivity contribution in [2.45, 2.75) is 40.0 Å². The van der Waals surface area contributed by atoms with Gasteiger partial charge in [-0.15, -0.1) is 0 Å². The molecule has 1 aromatic rings. The molecule has 1 fully saturated rings. The lowest BCUT2D eigenvalue weighted by Crippen LogP contribution is -2.34. The average molecular weight is 276 g/mol. The predicted octanol–water partition coefficient (Wildman–Crippen LogP) is 2.16. The first-order chi connectivity index (χ1) is 9.49. The van der Waals surface area contributed by atoms with Gasteiger partial charge in [0.25, 0.3) is 0 Å². The van der Waals surface area contributed by atoms with Crippen molar-refractivity contribution < 1.29 is 9.53 Å². The number of nitrogens with zero attached hydrogens (tertiary/aromatic N) is 1. The van der Waals surface area contributed by atoms with Gasteiger partial charge in [-0.3, -0.25) is 10.1 Å². The molecule has 0 radical (unpaired) electrons. The Kier molecular flexibility index (Phi) is 4.78. The summed E-state index contributed by atoms with van der Waals surface area (Å²) in [6, 6.07) is 6.36. The van der Waals surface area contributed by atoms with Crippen molar-refractivity contribution in [3.8, 4) is 0 Å². The highest BCUT2D eigenvalue weighted by Crippen LogP contribution is 2.25. The Morgan fingerprint density at radius 2 is 2.15 bits per heavy atom. The molecule has 1 aliphatic heterocycles. The van der Waals surface area contributed by atoms with Gasteiger partial charge in [-0.05, 0) is 38.8 Å². The van der Waals surface area contributed by atoms with Crippen LogP contribution >= 0.6 is 0 Å². The molecule has 1 unspecified atom stereocenters. The highest BCUT2D eigenvalue weighted by atomic mass is 16.5. The maximum absolute atomic E-state index is 12.0. The molecule has 1 amide bonds. The van der Waals surface area contributed by atoms with Crippen molar-refractivity contribution in [2.24, 2.45) is 0 Å². The topological polar surface area (TPSA) is 41.6 Å². The summed E-state index contributed by atoms with van der Waals surface area (Å²) in [7, 11) is 0. The minimum atomic E-state index is -0.0288. The molecule has 4 nitrogen and oxygen atoms in total. The summed E-state index contributed by atoms with van der Waals surface area (Å²) in [6.45, 7) is 9.79. The first kappa shape index (κ1) is 15.0. The number of hydrogen-bond donors (Lipinski definition) is 1. The fourth-order valence-electron chi connectivity index (χ4n) is 2.59. The third-order valence-electron chi connectivity index (χ3n) is 3.58. The zero-order valence-corrected chi connectivity index (χ0v) is 12.8. The van der Waals surface area contributed by atoms with E-state index in [0.717, 1.165) is 0 Å². The van der Waals surface area contributed by atoms with Crippen LogP contribution in [0.3, 0.4) is 0 Å². The zero-order chi connectivity index (χ0) is 14.7. The lowest BCUT2D eigenvalue weighted by Gasteiger charge is -2.26.